The Hall–Kier alpha value is -0.640. The van der Waals surface area contributed by atoms with Gasteiger partial charge in [-0.05, 0) is 0 Å². The lowest BCUT2D eigenvalue weighted by Gasteiger charge is -2.52. The number of carboxylic acid groups (broad SMARTS) is 3. The smallest absolute Gasteiger partial charge is 0.335 e. The molecule has 106 heavy (non-hydrogen) atoms. The summed E-state index contributed by atoms with van der Waals surface area (Å²) < 4.78 is 359. The van der Waals surface area contributed by atoms with Gasteiger partial charge in [0, 0.05) is 0 Å². The maximum atomic E-state index is 13.3. The highest BCUT2D eigenvalue weighted by Gasteiger charge is 2.63. The summed E-state index contributed by atoms with van der Waals surface area (Å²) in [5, 5.41) is 122. The molecule has 0 saturated carbocycles. The first-order chi connectivity index (χ1) is 47.9. The topological polar surface area (TPSA) is 1010 Å². The molecule has 70 heteroatoms. The summed E-state index contributed by atoms with van der Waals surface area (Å²) >= 11 is -48.3. The van der Waals surface area contributed by atoms with Crippen LogP contribution in [-0.4, -0.2) is 401 Å². The SMILES string of the molecule is O=C(O)[C@@H]1O[C@@H](O)[C@H](OS(O)(O)O)[C@@H](O)[C@@H]1O[C@H]1O[C@H](COS(O)(O)O)[C@@H](O[C@@H]2O[C@@H](C(=O)O)[C@@H](O[C@H]3O[C@H](COS(O)(O)O)[C@@H](O[C@@H]4O[C@@H](C(=O)O)[C@@H](O[C@H]5O[C@H](COS(O)(O)O)[C@@H](O)[C@H](O)[C@H]5NS(O)(O)O)[C@H](O)[C@H]4OS(O)(O)O)[C@H](O)[C@H]3NS(O)(O)O)[C@H](O)[C@H]2OS(O)(O)O)[C@H](O)[C@H]1NS(O)(O)O. The fraction of sp³-hybridized carbons (Fsp3) is 0.917. The van der Waals surface area contributed by atoms with Crippen LogP contribution < -0.4 is 14.2 Å². The first-order valence-corrected chi connectivity index (χ1v) is 40.7. The van der Waals surface area contributed by atoms with Crippen LogP contribution in [0.3, 0.4) is 0 Å². The summed E-state index contributed by atoms with van der Waals surface area (Å²) in [6, 6.07) is -8.17. The number of aliphatic hydroxyl groups is 8. The van der Waals surface area contributed by atoms with Crippen LogP contribution in [0, 0.1) is 0 Å². The zero-order valence-electron chi connectivity index (χ0n) is 51.3. The molecule has 30 atom stereocenters. The number of rotatable bonds is 34. The summed E-state index contributed by atoms with van der Waals surface area (Å²) in [6.07, 6.45) is -77.4. The van der Waals surface area contributed by atoms with Gasteiger partial charge in [-0.2, -0.15) is 0 Å². The Balaban J connectivity index is 1.39. The lowest BCUT2D eigenvalue weighted by atomic mass is 9.94. The third-order valence-electron chi connectivity index (χ3n) is 14.6. The van der Waals surface area contributed by atoms with Crippen LogP contribution in [0.15, 0.2) is 0 Å². The average Bonchev–Trinajstić information content (AvgIpc) is 0.763. The van der Waals surface area contributed by atoms with E-state index in [2.05, 4.69) is 20.9 Å². The molecule has 0 aromatic heterocycles. The maximum absolute atomic E-state index is 13.3. The van der Waals surface area contributed by atoms with Gasteiger partial charge in [-0.1, -0.05) is 0 Å². The van der Waals surface area contributed by atoms with E-state index in [1.54, 1.807) is 0 Å². The highest BCUT2D eigenvalue weighted by atomic mass is 32.3. The molecule has 638 valence electrons. The number of ether oxygens (including phenoxy) is 11. The largest absolute Gasteiger partial charge is 0.479 e. The van der Waals surface area contributed by atoms with Crippen molar-refractivity contribution < 1.29 is 271 Å². The van der Waals surface area contributed by atoms with E-state index in [0.717, 1.165) is 0 Å². The molecule has 6 fully saturated rings. The molecule has 6 rings (SSSR count). The minimum Gasteiger partial charge on any atom is -0.479 e. The van der Waals surface area contributed by atoms with E-state index in [-0.39, 0.29) is 0 Å². The van der Waals surface area contributed by atoms with Crippen molar-refractivity contribution in [2.24, 2.45) is 0 Å². The third kappa shape index (κ3) is 27.2. The maximum Gasteiger partial charge on any atom is 0.335 e. The second-order valence-corrected chi connectivity index (χ2v) is 32.9. The monoisotopic (exact) mass is 1770 g/mol. The van der Waals surface area contributed by atoms with Gasteiger partial charge in [0.15, 0.2) is 108 Å². The second kappa shape index (κ2) is 36.3. The van der Waals surface area contributed by atoms with Crippen molar-refractivity contribution in [2.45, 2.75) is 184 Å². The van der Waals surface area contributed by atoms with E-state index in [1.807, 2.05) is 0 Å². The molecule has 0 aliphatic carbocycles. The Morgan fingerprint density at radius 2 is 0.528 bits per heavy atom. The number of carboxylic acids is 3. The summed E-state index contributed by atoms with van der Waals surface area (Å²) in [7, 11) is 0. The lowest BCUT2D eigenvalue weighted by molar-refractivity contribution is -0.376. The molecule has 0 bridgehead atoms. The predicted molar refractivity (Wildman–Crippen MR) is 336 cm³/mol. The van der Waals surface area contributed by atoms with Gasteiger partial charge in [0.1, 0.15) is 110 Å². The van der Waals surface area contributed by atoms with Crippen LogP contribution in [0.5, 0.6) is 0 Å². The fourth-order valence-corrected chi connectivity index (χ4v) is 14.9. The van der Waals surface area contributed by atoms with Gasteiger partial charge in [0.05, 0.1) is 19.8 Å². The van der Waals surface area contributed by atoms with E-state index in [1.165, 1.54) is 14.2 Å². The van der Waals surface area contributed by atoms with Crippen molar-refractivity contribution in [1.82, 2.24) is 14.2 Å². The molecule has 0 radical (unpaired) electrons. The zero-order valence-corrected chi connectivity index (χ0v) is 58.6. The summed E-state index contributed by atoms with van der Waals surface area (Å²) in [5.41, 5.74) is 0. The number of hydrogen-bond acceptors (Lipinski definition) is 58. The van der Waals surface area contributed by atoms with Crippen LogP contribution >= 0.6 is 100 Å². The minimum absolute atomic E-state index is 1.38. The molecule has 0 unspecified atom stereocenters. The molecule has 6 aliphatic heterocycles. The van der Waals surface area contributed by atoms with Crippen molar-refractivity contribution in [2.75, 3.05) is 19.8 Å². The third-order valence-corrected chi connectivity index (χ3v) is 19.2. The summed E-state index contributed by atoms with van der Waals surface area (Å²) in [5.74, 6) is -7.07. The summed E-state index contributed by atoms with van der Waals surface area (Å²) in [6.45, 7) is -4.87. The highest BCUT2D eigenvalue weighted by molar-refractivity contribution is 8.18. The number of nitrogens with one attached hydrogen (secondary N) is 3. The zero-order chi connectivity index (χ0) is 80.8. The predicted octanol–water partition coefficient (Wildman–Crippen LogP) is -4.64. The number of aliphatic carboxylic acids is 3. The number of carbonyl (C=O) groups is 3. The van der Waals surface area contributed by atoms with E-state index in [4.69, 9.17) is 56.3 Å². The van der Waals surface area contributed by atoms with Gasteiger partial charge in [0.25, 0.3) is 0 Å². The van der Waals surface area contributed by atoms with Crippen molar-refractivity contribution in [3.63, 3.8) is 0 Å². The van der Waals surface area contributed by atoms with Crippen LogP contribution in [0.4, 0.5) is 0 Å². The molecule has 6 heterocycles. The minimum atomic E-state index is -5.75. The van der Waals surface area contributed by atoms with Gasteiger partial charge in [-0.15, -0.1) is 0 Å². The van der Waals surface area contributed by atoms with Gasteiger partial charge in [0.2, 0.25) is 66.9 Å². The molecule has 0 aromatic carbocycles. The average molecular weight is 1770 g/mol. The van der Waals surface area contributed by atoms with Crippen LogP contribution in [0.2, 0.25) is 0 Å². The lowest BCUT2D eigenvalue weighted by Crippen LogP contribution is -2.71. The van der Waals surface area contributed by atoms with Gasteiger partial charge in [-0.25, -0.2) is 28.5 Å². The molecule has 6 saturated heterocycles. The molecular weight excluding hydrogens is 1690 g/mol. The van der Waals surface area contributed by atoms with Gasteiger partial charge in [-0.3, -0.25) is 148 Å². The van der Waals surface area contributed by atoms with Gasteiger partial charge >= 0.3 is 17.9 Å². The molecule has 0 aromatic rings. The first-order valence-electron chi connectivity index (χ1n) is 27.6. The molecule has 41 N–H and O–H groups in total. The first kappa shape index (κ1) is 94.2. The van der Waals surface area contributed by atoms with Crippen LogP contribution in [0.1, 0.15) is 0 Å². The van der Waals surface area contributed by atoms with E-state index >= 15 is 0 Å². The Labute approximate surface area is 604 Å². The number of aliphatic hydroxyl groups excluding tert-OH is 8. The molecular formula is C36H77N3O58S9. The van der Waals surface area contributed by atoms with E-state index in [9.17, 15) is 193 Å². The van der Waals surface area contributed by atoms with E-state index in [0.29, 0.717) is 0 Å². The van der Waals surface area contributed by atoms with Crippen LogP contribution in [-0.2, 0) is 91.6 Å². The normalized spacial score (nSPS) is 40.9. The Kier molecular flexibility index (Phi) is 32.2. The van der Waals surface area contributed by atoms with Gasteiger partial charge < -0.3 is 108 Å². The quantitative estimate of drug-likeness (QED) is 0.0288. The van der Waals surface area contributed by atoms with Crippen molar-refractivity contribution >= 4 is 118 Å². The molecule has 0 amide bonds. The van der Waals surface area contributed by atoms with E-state index < -0.39 is 322 Å². The second-order valence-electron chi connectivity index (χ2n) is 22.2. The Bertz CT molecular complexity index is 2840. The van der Waals surface area contributed by atoms with Crippen molar-refractivity contribution in [3.05, 3.63) is 0 Å². The Morgan fingerprint density at radius 1 is 0.274 bits per heavy atom. The summed E-state index contributed by atoms with van der Waals surface area (Å²) in [4.78, 5) is 38.7. The highest BCUT2D eigenvalue weighted by Crippen LogP contribution is 2.49. The van der Waals surface area contributed by atoms with Crippen molar-refractivity contribution in [1.29, 1.82) is 0 Å². The van der Waals surface area contributed by atoms with Crippen LogP contribution in [0.25, 0.3) is 0 Å². The number of hydrogen-bond donors (Lipinski definition) is 41. The van der Waals surface area contributed by atoms with Crippen molar-refractivity contribution in [3.8, 4) is 0 Å². The Morgan fingerprint density at radius 3 is 0.811 bits per heavy atom. The fourth-order valence-electron chi connectivity index (χ4n) is 10.6. The molecule has 61 nitrogen and oxygen atoms in total. The molecule has 0 spiro atoms. The molecule has 6 aliphatic rings. The standard InChI is InChI=1S/C36H77N3O58S9/c40-10-4(1-81-101(63,64)65)84-32(7(11(10)41)37-98(54,55)56)91-20-15(45)23(96-105(75,76)77)35(93-26(20)29(49)50)89-18-6(3-83-103(69,70)71)86-34(9(13(18)43)39-100(60,61)62)92-21-16(46)24(97-106(78,79)80)36(94-27(21)30(51)52)88-17-5(2-82-102(66,67)68)85-33(8(12(17)42)38-99(57,58)59)90-19-14(44)22(95-104(72,73)74)31(53)87-25(19)28(47)48/h4-27,31-46,53-80H,1-3H2,(H,47,48)(H,49,50)(H,51,52)/t4-,5-,6-,7-,8-,9-,10-,11-,12-,13-,14+,15+,16+,17-,18-,19+,20+,21+,22-,23-,24-,25-,26-,27-,31-,32-,33-,34-,35-,36-/m1/s1.